The molecule has 3 heteroatoms. The lowest BCUT2D eigenvalue weighted by molar-refractivity contribution is 0.477. The molecular formula is C12H17BrN2. The van der Waals surface area contributed by atoms with Crippen LogP contribution in [0.2, 0.25) is 0 Å². The van der Waals surface area contributed by atoms with Crippen molar-refractivity contribution >= 4 is 15.9 Å². The average molecular weight is 269 g/mol. The van der Waals surface area contributed by atoms with Crippen LogP contribution in [0.25, 0.3) is 0 Å². The van der Waals surface area contributed by atoms with E-state index >= 15 is 0 Å². The lowest BCUT2D eigenvalue weighted by Gasteiger charge is -2.20. The minimum Gasteiger partial charge on any atom is -0.315 e. The maximum atomic E-state index is 3.64. The van der Waals surface area contributed by atoms with Crippen molar-refractivity contribution in [2.45, 2.75) is 25.4 Å². The quantitative estimate of drug-likeness (QED) is 0.880. The molecule has 0 radical (unpaired) electrons. The normalized spacial score (nSPS) is 22.9. The Kier molecular flexibility index (Phi) is 3.78. The van der Waals surface area contributed by atoms with E-state index in [0.717, 1.165) is 13.1 Å². The molecule has 1 aliphatic heterocycles. The molecule has 1 saturated heterocycles. The average Bonchev–Trinajstić information content (AvgIpc) is 2.71. The number of hydrogen-bond donors (Lipinski definition) is 2. The molecule has 1 aliphatic rings. The monoisotopic (exact) mass is 268 g/mol. The fraction of sp³-hybridized carbons (Fsp3) is 0.500. The molecule has 2 N–H and O–H groups in total. The van der Waals surface area contributed by atoms with E-state index in [1.54, 1.807) is 0 Å². The Labute approximate surface area is 99.6 Å². The van der Waals surface area contributed by atoms with E-state index < -0.39 is 0 Å². The van der Waals surface area contributed by atoms with Crippen LogP contribution in [0.4, 0.5) is 0 Å². The molecule has 2 rings (SSSR count). The van der Waals surface area contributed by atoms with Crippen LogP contribution in [0.5, 0.6) is 0 Å². The van der Waals surface area contributed by atoms with Crippen molar-refractivity contribution in [1.29, 1.82) is 0 Å². The first-order valence-electron chi connectivity index (χ1n) is 5.48. The highest BCUT2D eigenvalue weighted by molar-refractivity contribution is 9.10. The van der Waals surface area contributed by atoms with Crippen LogP contribution in [-0.4, -0.2) is 19.1 Å². The zero-order valence-corrected chi connectivity index (χ0v) is 10.5. The summed E-state index contributed by atoms with van der Waals surface area (Å²) >= 11 is 3.59. The Bertz CT molecular complexity index is 321. The minimum absolute atomic E-state index is 0.408. The summed E-state index contributed by atoms with van der Waals surface area (Å²) in [6.07, 6.45) is 1.23. The molecule has 82 valence electrons. The van der Waals surface area contributed by atoms with E-state index in [0.29, 0.717) is 12.1 Å². The van der Waals surface area contributed by atoms with Crippen LogP contribution in [-0.2, 0) is 0 Å². The standard InChI is InChI=1S/C12H17BrN2/c1-9(15-10-6-7-14-8-10)11-4-2-3-5-12(11)13/h2-5,9-10,14-15H,6-8H2,1H3. The van der Waals surface area contributed by atoms with Crippen molar-refractivity contribution in [3.05, 3.63) is 34.3 Å². The van der Waals surface area contributed by atoms with Gasteiger partial charge >= 0.3 is 0 Å². The number of halogens is 1. The maximum absolute atomic E-state index is 3.64. The summed E-state index contributed by atoms with van der Waals surface area (Å²) in [4.78, 5) is 0. The smallest absolute Gasteiger partial charge is 0.0306 e. The van der Waals surface area contributed by atoms with Crippen LogP contribution in [0, 0.1) is 0 Å². The Morgan fingerprint density at radius 2 is 2.27 bits per heavy atom. The van der Waals surface area contributed by atoms with Gasteiger partial charge in [-0.2, -0.15) is 0 Å². The van der Waals surface area contributed by atoms with Crippen LogP contribution >= 0.6 is 15.9 Å². The SMILES string of the molecule is CC(NC1CCNC1)c1ccccc1Br. The van der Waals surface area contributed by atoms with Gasteiger partial charge in [0.2, 0.25) is 0 Å². The first-order chi connectivity index (χ1) is 7.27. The zero-order valence-electron chi connectivity index (χ0n) is 8.96. The van der Waals surface area contributed by atoms with Gasteiger partial charge in [0.15, 0.2) is 0 Å². The lowest BCUT2D eigenvalue weighted by Crippen LogP contribution is -2.33. The summed E-state index contributed by atoms with van der Waals surface area (Å²) < 4.78 is 1.19. The summed E-state index contributed by atoms with van der Waals surface area (Å²) in [7, 11) is 0. The van der Waals surface area contributed by atoms with E-state index in [1.807, 2.05) is 0 Å². The van der Waals surface area contributed by atoms with Crippen LogP contribution < -0.4 is 10.6 Å². The zero-order chi connectivity index (χ0) is 10.7. The first kappa shape index (κ1) is 11.1. The number of hydrogen-bond acceptors (Lipinski definition) is 2. The van der Waals surface area contributed by atoms with Gasteiger partial charge in [0.05, 0.1) is 0 Å². The van der Waals surface area contributed by atoms with E-state index in [2.05, 4.69) is 57.8 Å². The van der Waals surface area contributed by atoms with Crippen molar-refractivity contribution < 1.29 is 0 Å². The van der Waals surface area contributed by atoms with Gasteiger partial charge in [-0.15, -0.1) is 0 Å². The maximum Gasteiger partial charge on any atom is 0.0306 e. The summed E-state index contributed by atoms with van der Waals surface area (Å²) in [5.74, 6) is 0. The summed E-state index contributed by atoms with van der Waals surface area (Å²) in [5.41, 5.74) is 1.34. The van der Waals surface area contributed by atoms with Gasteiger partial charge in [0.25, 0.3) is 0 Å². The van der Waals surface area contributed by atoms with Crippen molar-refractivity contribution in [2.24, 2.45) is 0 Å². The van der Waals surface area contributed by atoms with Crippen molar-refractivity contribution in [2.75, 3.05) is 13.1 Å². The molecular weight excluding hydrogens is 252 g/mol. The second-order valence-corrected chi connectivity index (χ2v) is 4.95. The molecule has 1 aromatic rings. The van der Waals surface area contributed by atoms with Gasteiger partial charge in [0, 0.05) is 23.1 Å². The molecule has 1 fully saturated rings. The number of rotatable bonds is 3. The van der Waals surface area contributed by atoms with Crippen molar-refractivity contribution in [3.8, 4) is 0 Å². The second-order valence-electron chi connectivity index (χ2n) is 4.10. The topological polar surface area (TPSA) is 24.1 Å². The van der Waals surface area contributed by atoms with E-state index in [1.165, 1.54) is 16.5 Å². The molecule has 2 unspecified atom stereocenters. The molecule has 0 spiro atoms. The molecule has 2 atom stereocenters. The Balaban J connectivity index is 2.00. The Hall–Kier alpha value is -0.380. The third kappa shape index (κ3) is 2.80. The van der Waals surface area contributed by atoms with Crippen molar-refractivity contribution in [1.82, 2.24) is 10.6 Å². The minimum atomic E-state index is 0.408. The molecule has 0 saturated carbocycles. The summed E-state index contributed by atoms with van der Waals surface area (Å²) in [6, 6.07) is 9.44. The predicted octanol–water partition coefficient (Wildman–Crippen LogP) is 2.46. The third-order valence-electron chi connectivity index (χ3n) is 2.92. The van der Waals surface area contributed by atoms with Crippen LogP contribution in [0.15, 0.2) is 28.7 Å². The van der Waals surface area contributed by atoms with Gasteiger partial charge in [-0.1, -0.05) is 34.1 Å². The largest absolute Gasteiger partial charge is 0.315 e. The van der Waals surface area contributed by atoms with E-state index in [9.17, 15) is 0 Å². The first-order valence-corrected chi connectivity index (χ1v) is 6.28. The fourth-order valence-corrected chi connectivity index (χ4v) is 2.69. The molecule has 0 aromatic heterocycles. The lowest BCUT2D eigenvalue weighted by atomic mass is 10.1. The Morgan fingerprint density at radius 3 is 2.93 bits per heavy atom. The van der Waals surface area contributed by atoms with Crippen LogP contribution in [0.1, 0.15) is 24.9 Å². The molecule has 15 heavy (non-hydrogen) atoms. The highest BCUT2D eigenvalue weighted by Crippen LogP contribution is 2.23. The van der Waals surface area contributed by atoms with Crippen molar-refractivity contribution in [3.63, 3.8) is 0 Å². The van der Waals surface area contributed by atoms with Gasteiger partial charge in [-0.3, -0.25) is 0 Å². The molecule has 1 aromatic carbocycles. The molecule has 0 bridgehead atoms. The number of nitrogens with one attached hydrogen (secondary N) is 2. The van der Waals surface area contributed by atoms with E-state index in [-0.39, 0.29) is 0 Å². The molecule has 1 heterocycles. The van der Waals surface area contributed by atoms with E-state index in [4.69, 9.17) is 0 Å². The summed E-state index contributed by atoms with van der Waals surface area (Å²) in [6.45, 7) is 4.45. The highest BCUT2D eigenvalue weighted by Gasteiger charge is 2.17. The predicted molar refractivity (Wildman–Crippen MR) is 67.0 cm³/mol. The van der Waals surface area contributed by atoms with Gasteiger partial charge in [-0.05, 0) is 31.5 Å². The number of benzene rings is 1. The molecule has 0 amide bonds. The van der Waals surface area contributed by atoms with Gasteiger partial charge in [0.1, 0.15) is 0 Å². The molecule has 0 aliphatic carbocycles. The van der Waals surface area contributed by atoms with Gasteiger partial charge < -0.3 is 10.6 Å². The highest BCUT2D eigenvalue weighted by atomic mass is 79.9. The second kappa shape index (κ2) is 5.10. The Morgan fingerprint density at radius 1 is 1.47 bits per heavy atom. The van der Waals surface area contributed by atoms with Gasteiger partial charge in [-0.25, -0.2) is 0 Å². The summed E-state index contributed by atoms with van der Waals surface area (Å²) in [5, 5.41) is 7.01. The third-order valence-corrected chi connectivity index (χ3v) is 3.64. The molecule has 2 nitrogen and oxygen atoms in total. The van der Waals surface area contributed by atoms with Crippen LogP contribution in [0.3, 0.4) is 0 Å². The fourth-order valence-electron chi connectivity index (χ4n) is 2.07.